The Bertz CT molecular complexity index is 1000. The number of aromatic nitrogens is 3. The highest BCUT2D eigenvalue weighted by Gasteiger charge is 2.23. The lowest BCUT2D eigenvalue weighted by molar-refractivity contribution is -0.119. The van der Waals surface area contributed by atoms with Gasteiger partial charge in [-0.1, -0.05) is 34.8 Å². The van der Waals surface area contributed by atoms with Crippen LogP contribution < -0.4 is 5.32 Å². The predicted octanol–water partition coefficient (Wildman–Crippen LogP) is 4.81. The Kier molecular flexibility index (Phi) is 5.69. The van der Waals surface area contributed by atoms with E-state index in [2.05, 4.69) is 15.4 Å². The minimum atomic E-state index is -0.637. The van der Waals surface area contributed by atoms with Crippen molar-refractivity contribution in [3.8, 4) is 11.4 Å². The van der Waals surface area contributed by atoms with E-state index in [1.54, 1.807) is 31.3 Å². The minimum Gasteiger partial charge on any atom is -0.342 e. The van der Waals surface area contributed by atoms with E-state index in [1.165, 1.54) is 23.7 Å². The summed E-state index contributed by atoms with van der Waals surface area (Å²) in [5.74, 6) is -0.0955. The fourth-order valence-electron chi connectivity index (χ4n) is 2.65. The van der Waals surface area contributed by atoms with Crippen LogP contribution in [0.5, 0.6) is 0 Å². The normalized spacial score (nSPS) is 12.1. The molecular weight excluding hydrogens is 414 g/mol. The quantitative estimate of drug-likeness (QED) is 0.650. The van der Waals surface area contributed by atoms with Gasteiger partial charge in [0.15, 0.2) is 11.6 Å². The van der Waals surface area contributed by atoms with Crippen molar-refractivity contribution < 1.29 is 9.18 Å². The minimum absolute atomic E-state index is 0.0135. The summed E-state index contributed by atoms with van der Waals surface area (Å²) in [6.07, 6.45) is 0. The maximum atomic E-state index is 13.8. The van der Waals surface area contributed by atoms with E-state index in [1.807, 2.05) is 0 Å². The summed E-state index contributed by atoms with van der Waals surface area (Å²) >= 11 is 17.9. The predicted molar refractivity (Wildman–Crippen MR) is 104 cm³/mol. The van der Waals surface area contributed by atoms with Crippen LogP contribution in [0.1, 0.15) is 24.4 Å². The largest absolute Gasteiger partial charge is 0.342 e. The van der Waals surface area contributed by atoms with Crippen LogP contribution in [0.15, 0.2) is 36.4 Å². The van der Waals surface area contributed by atoms with Crippen LogP contribution >= 0.6 is 34.8 Å². The average molecular weight is 428 g/mol. The standard InChI is InChI=1S/C18H14Cl3FN4O/c1-9(27)23-16(11-5-12(19)8-13(20)6-11)18-24-17(25-26(18)2)10-3-4-14(21)15(22)7-10/h3-8,16H,1-2H3,(H,23,27). The summed E-state index contributed by atoms with van der Waals surface area (Å²) in [5, 5.41) is 8.01. The highest BCUT2D eigenvalue weighted by atomic mass is 35.5. The summed E-state index contributed by atoms with van der Waals surface area (Å²) < 4.78 is 15.3. The third-order valence-electron chi connectivity index (χ3n) is 3.80. The van der Waals surface area contributed by atoms with Crippen molar-refractivity contribution >= 4 is 40.7 Å². The number of carbonyl (C=O) groups is 1. The zero-order chi connectivity index (χ0) is 19.7. The number of halogens is 4. The van der Waals surface area contributed by atoms with Gasteiger partial charge in [-0.2, -0.15) is 5.10 Å². The van der Waals surface area contributed by atoms with E-state index in [0.29, 0.717) is 32.8 Å². The Morgan fingerprint density at radius 2 is 1.81 bits per heavy atom. The number of nitrogens with one attached hydrogen (secondary N) is 1. The first-order chi connectivity index (χ1) is 12.7. The van der Waals surface area contributed by atoms with Crippen LogP contribution in [-0.4, -0.2) is 20.7 Å². The number of hydrogen-bond donors (Lipinski definition) is 1. The van der Waals surface area contributed by atoms with Crippen molar-refractivity contribution in [1.29, 1.82) is 0 Å². The average Bonchev–Trinajstić information content (AvgIpc) is 2.95. The Morgan fingerprint density at radius 3 is 2.41 bits per heavy atom. The third-order valence-corrected chi connectivity index (χ3v) is 4.54. The van der Waals surface area contributed by atoms with Crippen LogP contribution in [0, 0.1) is 5.82 Å². The number of nitrogens with zero attached hydrogens (tertiary/aromatic N) is 3. The van der Waals surface area contributed by atoms with E-state index < -0.39 is 11.9 Å². The molecule has 1 aromatic heterocycles. The molecule has 27 heavy (non-hydrogen) atoms. The Balaban J connectivity index is 2.08. The number of benzene rings is 2. The first-order valence-corrected chi connectivity index (χ1v) is 8.97. The molecule has 0 saturated heterocycles. The summed E-state index contributed by atoms with van der Waals surface area (Å²) in [6, 6.07) is 8.64. The van der Waals surface area contributed by atoms with Gasteiger partial charge in [0.25, 0.3) is 0 Å². The van der Waals surface area contributed by atoms with Crippen LogP contribution in [-0.2, 0) is 11.8 Å². The molecule has 5 nitrogen and oxygen atoms in total. The molecule has 1 heterocycles. The SMILES string of the molecule is CC(=O)NC(c1cc(Cl)cc(Cl)c1)c1nc(-c2ccc(Cl)c(F)c2)nn1C. The van der Waals surface area contributed by atoms with Crippen LogP contribution in [0.25, 0.3) is 11.4 Å². The first-order valence-electron chi connectivity index (χ1n) is 7.84. The zero-order valence-corrected chi connectivity index (χ0v) is 16.6. The molecule has 0 aliphatic rings. The first kappa shape index (κ1) is 19.6. The summed E-state index contributed by atoms with van der Waals surface area (Å²) in [7, 11) is 1.68. The van der Waals surface area contributed by atoms with Gasteiger partial charge in [-0.15, -0.1) is 0 Å². The number of amides is 1. The second kappa shape index (κ2) is 7.84. The zero-order valence-electron chi connectivity index (χ0n) is 14.3. The van der Waals surface area contributed by atoms with Gasteiger partial charge in [-0.25, -0.2) is 9.37 Å². The van der Waals surface area contributed by atoms with Gasteiger partial charge in [0.05, 0.1) is 5.02 Å². The molecule has 0 radical (unpaired) electrons. The number of rotatable bonds is 4. The molecule has 0 aliphatic carbocycles. The van der Waals surface area contributed by atoms with Crippen LogP contribution in [0.4, 0.5) is 4.39 Å². The Labute approximate surface area is 170 Å². The third kappa shape index (κ3) is 4.40. The smallest absolute Gasteiger partial charge is 0.217 e. The van der Waals surface area contributed by atoms with Crippen molar-refractivity contribution in [3.05, 3.63) is 68.7 Å². The van der Waals surface area contributed by atoms with Gasteiger partial charge in [0, 0.05) is 29.6 Å². The fourth-order valence-corrected chi connectivity index (χ4v) is 3.31. The number of hydrogen-bond acceptors (Lipinski definition) is 3. The molecule has 0 fully saturated rings. The van der Waals surface area contributed by atoms with E-state index in [0.717, 1.165) is 0 Å². The molecule has 0 bridgehead atoms. The molecular formula is C18H14Cl3FN4O. The van der Waals surface area contributed by atoms with Gasteiger partial charge in [-0.3, -0.25) is 9.48 Å². The maximum Gasteiger partial charge on any atom is 0.217 e. The van der Waals surface area contributed by atoms with Crippen molar-refractivity contribution in [3.63, 3.8) is 0 Å². The fraction of sp³-hybridized carbons (Fsp3) is 0.167. The van der Waals surface area contributed by atoms with E-state index >= 15 is 0 Å². The second-order valence-corrected chi connectivity index (χ2v) is 7.16. The highest BCUT2D eigenvalue weighted by Crippen LogP contribution is 2.29. The molecule has 9 heteroatoms. The molecule has 140 valence electrons. The van der Waals surface area contributed by atoms with Crippen molar-refractivity contribution in [2.45, 2.75) is 13.0 Å². The molecule has 0 saturated carbocycles. The molecule has 1 unspecified atom stereocenters. The van der Waals surface area contributed by atoms with Crippen molar-refractivity contribution in [2.24, 2.45) is 7.05 Å². The molecule has 1 N–H and O–H groups in total. The summed E-state index contributed by atoms with van der Waals surface area (Å²) in [6.45, 7) is 1.39. The molecule has 3 rings (SSSR count). The monoisotopic (exact) mass is 426 g/mol. The molecule has 2 aromatic carbocycles. The Hall–Kier alpha value is -2.15. The lowest BCUT2D eigenvalue weighted by atomic mass is 10.1. The highest BCUT2D eigenvalue weighted by molar-refractivity contribution is 6.34. The van der Waals surface area contributed by atoms with E-state index in [9.17, 15) is 9.18 Å². The van der Waals surface area contributed by atoms with Crippen LogP contribution in [0.3, 0.4) is 0 Å². The maximum absolute atomic E-state index is 13.8. The molecule has 0 spiro atoms. The van der Waals surface area contributed by atoms with Gasteiger partial charge in [0.1, 0.15) is 11.9 Å². The number of carbonyl (C=O) groups excluding carboxylic acids is 1. The van der Waals surface area contributed by atoms with E-state index in [4.69, 9.17) is 34.8 Å². The van der Waals surface area contributed by atoms with Gasteiger partial charge in [0.2, 0.25) is 5.91 Å². The lowest BCUT2D eigenvalue weighted by Gasteiger charge is -2.18. The molecule has 1 atom stereocenters. The lowest BCUT2D eigenvalue weighted by Crippen LogP contribution is -2.29. The topological polar surface area (TPSA) is 59.8 Å². The van der Waals surface area contributed by atoms with Crippen molar-refractivity contribution in [2.75, 3.05) is 0 Å². The van der Waals surface area contributed by atoms with Gasteiger partial charge in [-0.05, 0) is 42.0 Å². The van der Waals surface area contributed by atoms with Crippen molar-refractivity contribution in [1.82, 2.24) is 20.1 Å². The van der Waals surface area contributed by atoms with Gasteiger partial charge < -0.3 is 5.32 Å². The van der Waals surface area contributed by atoms with E-state index in [-0.39, 0.29) is 10.9 Å². The Morgan fingerprint density at radius 1 is 1.15 bits per heavy atom. The molecule has 3 aromatic rings. The van der Waals surface area contributed by atoms with Crippen LogP contribution in [0.2, 0.25) is 15.1 Å². The molecule has 1 amide bonds. The summed E-state index contributed by atoms with van der Waals surface area (Å²) in [4.78, 5) is 16.2. The molecule has 0 aliphatic heterocycles. The summed E-state index contributed by atoms with van der Waals surface area (Å²) in [5.41, 5.74) is 1.11. The van der Waals surface area contributed by atoms with Gasteiger partial charge >= 0.3 is 0 Å². The number of aryl methyl sites for hydroxylation is 1. The second-order valence-electron chi connectivity index (χ2n) is 5.88.